The summed E-state index contributed by atoms with van der Waals surface area (Å²) in [6.45, 7) is 3.84. The highest BCUT2D eigenvalue weighted by Gasteiger charge is 2.08. The number of halogens is 1. The monoisotopic (exact) mass is 376 g/mol. The van der Waals surface area contributed by atoms with Gasteiger partial charge >= 0.3 is 0 Å². The Morgan fingerprint density at radius 3 is 2.48 bits per heavy atom. The molecule has 0 radical (unpaired) electrons. The average molecular weight is 376 g/mol. The fraction of sp³-hybridized carbons (Fsp3) is 0.0952. The molecule has 0 unspecified atom stereocenters. The van der Waals surface area contributed by atoms with Crippen LogP contribution in [0.1, 0.15) is 11.3 Å². The molecule has 27 heavy (non-hydrogen) atoms. The predicted molar refractivity (Wildman–Crippen MR) is 108 cm³/mol. The van der Waals surface area contributed by atoms with Crippen molar-refractivity contribution in [2.45, 2.75) is 13.8 Å². The summed E-state index contributed by atoms with van der Waals surface area (Å²) in [5, 5.41) is 6.05. The summed E-state index contributed by atoms with van der Waals surface area (Å²) in [4.78, 5) is 12.8. The van der Waals surface area contributed by atoms with Gasteiger partial charge in [-0.1, -0.05) is 30.3 Å². The third-order valence-electron chi connectivity index (χ3n) is 4.20. The number of pyridine rings is 2. The summed E-state index contributed by atoms with van der Waals surface area (Å²) >= 11 is 1.54. The van der Waals surface area contributed by atoms with Crippen LogP contribution >= 0.6 is 11.3 Å². The molecule has 3 aromatic heterocycles. The van der Waals surface area contributed by atoms with Gasteiger partial charge in [-0.15, -0.1) is 11.3 Å². The SMILES string of the molecule is Cc1cccc(Nc2nc(-c3ccc(-c4cnc(F)cc4C)cc3)cs2)n1. The number of hydrogen-bond acceptors (Lipinski definition) is 5. The van der Waals surface area contributed by atoms with Gasteiger partial charge in [0.25, 0.3) is 0 Å². The normalized spacial score (nSPS) is 10.8. The predicted octanol–water partition coefficient (Wildman–Crippen LogP) is 5.77. The van der Waals surface area contributed by atoms with Gasteiger partial charge in [0.1, 0.15) is 5.82 Å². The van der Waals surface area contributed by atoms with Crippen molar-refractivity contribution in [3.8, 4) is 22.4 Å². The van der Waals surface area contributed by atoms with Crippen molar-refractivity contribution in [2.24, 2.45) is 0 Å². The maximum atomic E-state index is 13.2. The van der Waals surface area contributed by atoms with Crippen molar-refractivity contribution >= 4 is 22.3 Å². The number of rotatable bonds is 4. The number of hydrogen-bond donors (Lipinski definition) is 1. The number of anilines is 2. The van der Waals surface area contributed by atoms with Crippen LogP contribution in [0.4, 0.5) is 15.3 Å². The molecule has 0 spiro atoms. The molecule has 4 nitrogen and oxygen atoms in total. The number of aryl methyl sites for hydroxylation is 2. The zero-order chi connectivity index (χ0) is 18.8. The standard InChI is InChI=1S/C21H17FN4S/c1-13-10-19(22)23-11-17(13)15-6-8-16(9-7-15)18-12-27-21(25-18)26-20-5-3-4-14(2)24-20/h3-12H,1-2H3,(H,24,25,26). The molecule has 0 aliphatic rings. The van der Waals surface area contributed by atoms with E-state index in [1.165, 1.54) is 17.4 Å². The molecule has 0 fully saturated rings. The Balaban J connectivity index is 1.55. The quantitative estimate of drug-likeness (QED) is 0.460. The Bertz CT molecular complexity index is 1090. The molecule has 4 rings (SSSR count). The molecule has 6 heteroatoms. The van der Waals surface area contributed by atoms with Crippen LogP contribution in [0.5, 0.6) is 0 Å². The molecule has 0 amide bonds. The van der Waals surface area contributed by atoms with Crippen LogP contribution in [-0.4, -0.2) is 15.0 Å². The first-order valence-corrected chi connectivity index (χ1v) is 9.35. The third-order valence-corrected chi connectivity index (χ3v) is 4.95. The fourth-order valence-corrected chi connectivity index (χ4v) is 3.56. The van der Waals surface area contributed by atoms with Crippen LogP contribution in [-0.2, 0) is 0 Å². The molecule has 3 heterocycles. The Morgan fingerprint density at radius 2 is 1.74 bits per heavy atom. The summed E-state index contributed by atoms with van der Waals surface area (Å²) in [6.07, 6.45) is 1.57. The van der Waals surface area contributed by atoms with E-state index in [0.29, 0.717) is 0 Å². The van der Waals surface area contributed by atoms with Gasteiger partial charge in [0.15, 0.2) is 5.13 Å². The highest BCUT2D eigenvalue weighted by Crippen LogP contribution is 2.29. The molecular formula is C21H17FN4S. The number of nitrogens with zero attached hydrogens (tertiary/aromatic N) is 3. The Morgan fingerprint density at radius 1 is 0.963 bits per heavy atom. The highest BCUT2D eigenvalue weighted by molar-refractivity contribution is 7.14. The smallest absolute Gasteiger partial charge is 0.213 e. The highest BCUT2D eigenvalue weighted by atomic mass is 32.1. The Hall–Kier alpha value is -3.12. The average Bonchev–Trinajstić information content (AvgIpc) is 3.10. The first-order chi connectivity index (χ1) is 13.1. The number of thiazole rings is 1. The summed E-state index contributed by atoms with van der Waals surface area (Å²) in [5.41, 5.74) is 5.66. The largest absolute Gasteiger partial charge is 0.316 e. The molecule has 1 aromatic carbocycles. The van der Waals surface area contributed by atoms with E-state index in [9.17, 15) is 4.39 Å². The van der Waals surface area contributed by atoms with Crippen LogP contribution in [0.15, 0.2) is 60.1 Å². The first-order valence-electron chi connectivity index (χ1n) is 8.48. The van der Waals surface area contributed by atoms with Crippen LogP contribution in [0.25, 0.3) is 22.4 Å². The third kappa shape index (κ3) is 3.85. The van der Waals surface area contributed by atoms with Crippen molar-refractivity contribution in [1.82, 2.24) is 15.0 Å². The minimum absolute atomic E-state index is 0.460. The van der Waals surface area contributed by atoms with Gasteiger partial charge in [0.2, 0.25) is 5.95 Å². The van der Waals surface area contributed by atoms with Crippen LogP contribution in [0.2, 0.25) is 0 Å². The molecule has 0 saturated heterocycles. The van der Waals surface area contributed by atoms with Gasteiger partial charge in [-0.25, -0.2) is 15.0 Å². The van der Waals surface area contributed by atoms with Crippen molar-refractivity contribution in [3.05, 3.63) is 77.3 Å². The Labute approximate surface area is 160 Å². The molecule has 0 aliphatic carbocycles. The van der Waals surface area contributed by atoms with Crippen molar-refractivity contribution in [2.75, 3.05) is 5.32 Å². The van der Waals surface area contributed by atoms with E-state index in [1.807, 2.05) is 61.7 Å². The van der Waals surface area contributed by atoms with Crippen molar-refractivity contribution in [1.29, 1.82) is 0 Å². The van der Waals surface area contributed by atoms with Crippen molar-refractivity contribution < 1.29 is 4.39 Å². The molecule has 0 atom stereocenters. The summed E-state index contributed by atoms with van der Waals surface area (Å²) in [7, 11) is 0. The lowest BCUT2D eigenvalue weighted by atomic mass is 10.0. The van der Waals surface area contributed by atoms with E-state index in [0.717, 1.165) is 44.6 Å². The molecule has 0 saturated carbocycles. The molecule has 0 bridgehead atoms. The van der Waals surface area contributed by atoms with E-state index in [4.69, 9.17) is 0 Å². The maximum absolute atomic E-state index is 13.2. The number of nitrogens with one attached hydrogen (secondary N) is 1. The van der Waals surface area contributed by atoms with Gasteiger partial charge in [-0.3, -0.25) is 0 Å². The van der Waals surface area contributed by atoms with E-state index in [2.05, 4.69) is 20.3 Å². The first kappa shape index (κ1) is 17.3. The van der Waals surface area contributed by atoms with E-state index >= 15 is 0 Å². The fourth-order valence-electron chi connectivity index (χ4n) is 2.83. The summed E-state index contributed by atoms with van der Waals surface area (Å²) in [6, 6.07) is 15.3. The second-order valence-corrected chi connectivity index (χ2v) is 7.08. The van der Waals surface area contributed by atoms with E-state index in [1.54, 1.807) is 6.20 Å². The van der Waals surface area contributed by atoms with Crippen LogP contribution in [0.3, 0.4) is 0 Å². The minimum atomic E-state index is -0.460. The van der Waals surface area contributed by atoms with Gasteiger partial charge in [-0.2, -0.15) is 4.39 Å². The van der Waals surface area contributed by atoms with Gasteiger partial charge < -0.3 is 5.32 Å². The van der Waals surface area contributed by atoms with Crippen molar-refractivity contribution in [3.63, 3.8) is 0 Å². The topological polar surface area (TPSA) is 50.7 Å². The zero-order valence-electron chi connectivity index (χ0n) is 14.9. The van der Waals surface area contributed by atoms with Crippen LogP contribution < -0.4 is 5.32 Å². The minimum Gasteiger partial charge on any atom is -0.316 e. The lowest BCUT2D eigenvalue weighted by Gasteiger charge is -2.06. The molecule has 0 aliphatic heterocycles. The lowest BCUT2D eigenvalue weighted by molar-refractivity contribution is 0.583. The van der Waals surface area contributed by atoms with Crippen LogP contribution in [0, 0.1) is 19.8 Å². The summed E-state index contributed by atoms with van der Waals surface area (Å²) < 4.78 is 13.2. The van der Waals surface area contributed by atoms with E-state index < -0.39 is 5.95 Å². The van der Waals surface area contributed by atoms with E-state index in [-0.39, 0.29) is 0 Å². The maximum Gasteiger partial charge on any atom is 0.213 e. The van der Waals surface area contributed by atoms with Gasteiger partial charge in [0, 0.05) is 28.4 Å². The zero-order valence-corrected chi connectivity index (χ0v) is 15.7. The molecule has 134 valence electrons. The number of aromatic nitrogens is 3. The summed E-state index contributed by atoms with van der Waals surface area (Å²) in [5.74, 6) is 0.323. The molecular weight excluding hydrogens is 359 g/mol. The molecule has 4 aromatic rings. The number of benzene rings is 1. The lowest BCUT2D eigenvalue weighted by Crippen LogP contribution is -1.93. The second-order valence-electron chi connectivity index (χ2n) is 6.23. The van der Waals surface area contributed by atoms with Gasteiger partial charge in [0.05, 0.1) is 5.69 Å². The second kappa shape index (κ2) is 7.25. The van der Waals surface area contributed by atoms with Gasteiger partial charge in [-0.05, 0) is 43.2 Å². The Kier molecular flexibility index (Phi) is 4.64. The molecule has 1 N–H and O–H groups in total.